The monoisotopic (exact) mass is 517 g/mol. The second-order valence-corrected chi connectivity index (χ2v) is 9.11. The highest BCUT2D eigenvalue weighted by Crippen LogP contribution is 2.31. The number of hydrogen-bond acceptors (Lipinski definition) is 4. The van der Waals surface area contributed by atoms with Crippen LogP contribution >= 0.6 is 0 Å². The van der Waals surface area contributed by atoms with Crippen LogP contribution in [0.3, 0.4) is 0 Å². The third kappa shape index (κ3) is 7.96. The minimum atomic E-state index is -4.75. The van der Waals surface area contributed by atoms with Gasteiger partial charge < -0.3 is 9.47 Å². The van der Waals surface area contributed by atoms with Gasteiger partial charge in [-0.3, -0.25) is 4.72 Å². The molecule has 2 aromatic carbocycles. The number of ether oxygens (including phenoxy) is 2. The quantitative estimate of drug-likeness (QED) is 0.360. The largest absolute Gasteiger partial charge is 0.487 e. The zero-order valence-electron chi connectivity index (χ0n) is 18.0. The van der Waals surface area contributed by atoms with Crippen molar-refractivity contribution < 1.29 is 48.6 Å². The molecule has 0 saturated carbocycles. The van der Waals surface area contributed by atoms with E-state index < -0.39 is 53.3 Å². The van der Waals surface area contributed by atoms with Crippen molar-refractivity contribution >= 4 is 15.7 Å². The van der Waals surface area contributed by atoms with Gasteiger partial charge in [-0.05, 0) is 30.0 Å². The van der Waals surface area contributed by atoms with Crippen LogP contribution in [0.1, 0.15) is 31.7 Å². The van der Waals surface area contributed by atoms with Gasteiger partial charge in [-0.25, -0.2) is 17.2 Å². The van der Waals surface area contributed by atoms with Crippen molar-refractivity contribution in [3.05, 3.63) is 48.0 Å². The van der Waals surface area contributed by atoms with Gasteiger partial charge in [0, 0.05) is 18.2 Å². The van der Waals surface area contributed by atoms with Gasteiger partial charge >= 0.3 is 18.5 Å². The van der Waals surface area contributed by atoms with Gasteiger partial charge in [0.2, 0.25) is 0 Å². The molecule has 0 aromatic heterocycles. The van der Waals surface area contributed by atoms with Crippen molar-refractivity contribution in [2.24, 2.45) is 0 Å². The van der Waals surface area contributed by atoms with Crippen molar-refractivity contribution in [2.45, 2.75) is 49.6 Å². The first-order valence-corrected chi connectivity index (χ1v) is 11.4. The molecule has 2 rings (SSSR count). The molecule has 0 saturated heterocycles. The van der Waals surface area contributed by atoms with Crippen molar-refractivity contribution in [3.63, 3.8) is 0 Å². The van der Waals surface area contributed by atoms with E-state index in [4.69, 9.17) is 0 Å². The minimum Gasteiger partial charge on any atom is -0.487 e. The van der Waals surface area contributed by atoms with Crippen LogP contribution in [0.4, 0.5) is 36.4 Å². The summed E-state index contributed by atoms with van der Waals surface area (Å²) in [4.78, 5) is -0.173. The fourth-order valence-corrected chi connectivity index (χ4v) is 3.67. The summed E-state index contributed by atoms with van der Waals surface area (Å²) in [7, 11) is -4.25. The summed E-state index contributed by atoms with van der Waals surface area (Å²) in [6.07, 6.45) is -7.98. The van der Waals surface area contributed by atoms with Gasteiger partial charge in [-0.15, -0.1) is 0 Å². The van der Waals surface area contributed by atoms with Crippen LogP contribution in [0.25, 0.3) is 0 Å². The predicted molar refractivity (Wildman–Crippen MR) is 110 cm³/mol. The van der Waals surface area contributed by atoms with E-state index in [1.807, 2.05) is 13.8 Å². The number of halogens is 7. The number of hydrogen-bond donors (Lipinski definition) is 1. The van der Waals surface area contributed by atoms with Crippen molar-refractivity contribution in [2.75, 3.05) is 17.9 Å². The Morgan fingerprint density at radius 1 is 0.912 bits per heavy atom. The lowest BCUT2D eigenvalue weighted by Crippen LogP contribution is -2.33. The molecule has 190 valence electrons. The van der Waals surface area contributed by atoms with Crippen LogP contribution in [0.5, 0.6) is 11.5 Å². The van der Waals surface area contributed by atoms with Crippen LogP contribution in [0, 0.1) is 0 Å². The molecule has 1 N–H and O–H groups in total. The van der Waals surface area contributed by atoms with E-state index in [0.29, 0.717) is 0 Å². The highest BCUT2D eigenvalue weighted by atomic mass is 32.2. The van der Waals surface area contributed by atoms with Gasteiger partial charge in [0.1, 0.15) is 11.5 Å². The summed E-state index contributed by atoms with van der Waals surface area (Å²) in [6, 6.07) is 8.33. The van der Waals surface area contributed by atoms with Gasteiger partial charge in [-0.1, -0.05) is 26.0 Å². The average molecular weight is 517 g/mol. The predicted octanol–water partition coefficient (Wildman–Crippen LogP) is 6.22. The van der Waals surface area contributed by atoms with E-state index in [1.54, 1.807) is 12.1 Å². The van der Waals surface area contributed by atoms with Crippen LogP contribution in [0.2, 0.25) is 0 Å². The number of anilines is 1. The van der Waals surface area contributed by atoms with Crippen molar-refractivity contribution in [1.82, 2.24) is 0 Å². The molecule has 0 amide bonds. The maximum atomic E-state index is 13.2. The third-order valence-corrected chi connectivity index (χ3v) is 6.05. The fourth-order valence-electron chi connectivity index (χ4n) is 2.63. The van der Waals surface area contributed by atoms with Gasteiger partial charge in [-0.2, -0.15) is 22.0 Å². The summed E-state index contributed by atoms with van der Waals surface area (Å²) in [6.45, 7) is 0.346. The molecule has 2 aromatic rings. The summed E-state index contributed by atoms with van der Waals surface area (Å²) >= 11 is 0. The lowest BCUT2D eigenvalue weighted by molar-refractivity contribution is -0.153. The second-order valence-electron chi connectivity index (χ2n) is 7.43. The van der Waals surface area contributed by atoms with Crippen LogP contribution in [0.15, 0.2) is 47.4 Å². The highest BCUT2D eigenvalue weighted by molar-refractivity contribution is 7.92. The second kappa shape index (κ2) is 10.7. The van der Waals surface area contributed by atoms with Gasteiger partial charge in [0.15, 0.2) is 13.2 Å². The van der Waals surface area contributed by atoms with E-state index >= 15 is 0 Å². The molecule has 0 aliphatic rings. The topological polar surface area (TPSA) is 64.6 Å². The highest BCUT2D eigenvalue weighted by Gasteiger charge is 2.41. The molecule has 34 heavy (non-hydrogen) atoms. The molecule has 0 radical (unpaired) electrons. The van der Waals surface area contributed by atoms with Crippen LogP contribution in [-0.2, 0) is 10.0 Å². The lowest BCUT2D eigenvalue weighted by Gasteiger charge is -2.18. The van der Waals surface area contributed by atoms with Crippen LogP contribution < -0.4 is 14.2 Å². The number of benzene rings is 2. The first kappa shape index (κ1) is 27.5. The Bertz CT molecular complexity index is 1060. The van der Waals surface area contributed by atoms with Crippen molar-refractivity contribution in [3.8, 4) is 11.5 Å². The Morgan fingerprint density at radius 2 is 1.44 bits per heavy atom. The van der Waals surface area contributed by atoms with E-state index in [1.165, 1.54) is 12.1 Å². The summed E-state index contributed by atoms with van der Waals surface area (Å²) < 4.78 is 125. The molecular weight excluding hydrogens is 495 g/mol. The number of alkyl halides is 7. The normalized spacial score (nSPS) is 13.6. The molecule has 0 bridgehead atoms. The molecule has 0 fully saturated rings. The first-order valence-electron chi connectivity index (χ1n) is 9.89. The Morgan fingerprint density at radius 3 is 1.91 bits per heavy atom. The molecule has 0 aliphatic carbocycles. The number of sulfonamides is 1. The van der Waals surface area contributed by atoms with E-state index in [9.17, 15) is 39.2 Å². The zero-order valence-corrected chi connectivity index (χ0v) is 18.8. The minimum absolute atomic E-state index is 0.173. The zero-order chi connectivity index (χ0) is 25.7. The molecule has 1 unspecified atom stereocenters. The third-order valence-electron chi connectivity index (χ3n) is 4.66. The summed E-state index contributed by atoms with van der Waals surface area (Å²) in [5, 5.41) is 0. The molecule has 5 nitrogen and oxygen atoms in total. The number of rotatable bonds is 11. The molecular formula is C21H22F7NO4S. The summed E-state index contributed by atoms with van der Waals surface area (Å²) in [5.74, 6) is -5.55. The molecule has 0 aliphatic heterocycles. The van der Waals surface area contributed by atoms with Gasteiger partial charge in [0.25, 0.3) is 10.0 Å². The smallest absolute Gasteiger partial charge is 0.422 e. The first-order chi connectivity index (χ1) is 15.6. The van der Waals surface area contributed by atoms with E-state index in [2.05, 4.69) is 14.2 Å². The van der Waals surface area contributed by atoms with E-state index in [-0.39, 0.29) is 16.5 Å². The van der Waals surface area contributed by atoms with E-state index in [0.717, 1.165) is 30.2 Å². The molecule has 0 spiro atoms. The lowest BCUT2D eigenvalue weighted by atomic mass is 9.99. The fraction of sp³-hybridized carbons (Fsp3) is 0.429. The number of nitrogens with one attached hydrogen (secondary N) is 1. The maximum absolute atomic E-state index is 13.2. The SMILES string of the molecule is CCC(C)c1ccc(S(=O)(=O)Nc2cc(OCC(F)(F)F)cc(OCC(F)(F)C(F)F)c2)cc1. The summed E-state index contributed by atoms with van der Waals surface area (Å²) in [5.41, 5.74) is 0.501. The standard InChI is InChI=1S/C21H22F7NO4S/c1-3-13(2)14-4-6-18(7-5-14)34(30,31)29-15-8-16(32-11-20(24,25)19(22)23)10-17(9-15)33-12-21(26,27)28/h4-10,13,19,29H,3,11-12H2,1-2H3. The Labute approximate surface area is 191 Å². The maximum Gasteiger partial charge on any atom is 0.422 e. The molecule has 0 heterocycles. The van der Waals surface area contributed by atoms with Gasteiger partial charge in [0.05, 0.1) is 10.6 Å². The molecule has 13 heteroatoms. The Hall–Kier alpha value is -2.70. The Balaban J connectivity index is 2.32. The Kier molecular flexibility index (Phi) is 8.67. The van der Waals surface area contributed by atoms with Crippen LogP contribution in [-0.4, -0.2) is 40.2 Å². The average Bonchev–Trinajstić information content (AvgIpc) is 2.75. The molecule has 1 atom stereocenters. The van der Waals surface area contributed by atoms with Crippen molar-refractivity contribution in [1.29, 1.82) is 0 Å².